The van der Waals surface area contributed by atoms with Gasteiger partial charge in [0.1, 0.15) is 5.75 Å². The van der Waals surface area contributed by atoms with Crippen LogP contribution in [0.3, 0.4) is 0 Å². The van der Waals surface area contributed by atoms with Gasteiger partial charge < -0.3 is 66.3 Å². The predicted molar refractivity (Wildman–Crippen MR) is 352 cm³/mol. The van der Waals surface area contributed by atoms with Crippen molar-refractivity contribution in [3.05, 3.63) is 78.4 Å². The number of para-hydroxylation sites is 1. The maximum atomic E-state index is 5.90. The Bertz CT molecular complexity index is 1970. The van der Waals surface area contributed by atoms with Crippen LogP contribution in [-0.2, 0) is 74.8 Å². The first-order chi connectivity index (χ1) is 42.7. The molecule has 0 saturated carbocycles. The Morgan fingerprint density at radius 2 is 0.682 bits per heavy atom. The van der Waals surface area contributed by atoms with Crippen LogP contribution in [0.4, 0.5) is 0 Å². The average Bonchev–Trinajstić information content (AvgIpc) is 3.68. The Kier molecular flexibility index (Phi) is 34.5. The molecule has 88 heavy (non-hydrogen) atoms. The molecule has 506 valence electrons. The van der Waals surface area contributed by atoms with Crippen LogP contribution in [-0.4, -0.2) is 165 Å². The molecule has 8 saturated heterocycles. The summed E-state index contributed by atoms with van der Waals surface area (Å²) >= 11 is 0. The van der Waals surface area contributed by atoms with Crippen LogP contribution in [0.15, 0.2) is 67.3 Å². The largest absolute Gasteiger partial charge is 0.493 e. The van der Waals surface area contributed by atoms with Crippen LogP contribution in [0.5, 0.6) is 5.75 Å². The predicted octanol–water partition coefficient (Wildman–Crippen LogP) is 15.0. The molecule has 0 spiro atoms. The molecule has 0 aliphatic carbocycles. The van der Waals surface area contributed by atoms with Gasteiger partial charge in [-0.15, -0.1) is 6.58 Å². The van der Waals surface area contributed by atoms with Gasteiger partial charge in [-0.3, -0.25) is 0 Å². The van der Waals surface area contributed by atoms with Crippen molar-refractivity contribution in [1.29, 1.82) is 0 Å². The second-order valence-electron chi connectivity index (χ2n) is 27.8. The lowest BCUT2D eigenvalue weighted by atomic mass is 9.81. The lowest BCUT2D eigenvalue weighted by Crippen LogP contribution is -2.49. The van der Waals surface area contributed by atoms with Gasteiger partial charge in [-0.25, -0.2) is 0 Å². The Hall–Kier alpha value is -2.54. The number of unbranched alkanes of at least 4 members (excludes halogenated alkanes) is 1. The molecule has 0 amide bonds. The molecule has 0 bridgehead atoms. The summed E-state index contributed by atoms with van der Waals surface area (Å²) in [6.45, 7) is 50.8. The number of hydrogen-bond donors (Lipinski definition) is 0. The van der Waals surface area contributed by atoms with E-state index in [4.69, 9.17) is 66.3 Å². The van der Waals surface area contributed by atoms with Crippen LogP contribution in [0.2, 0.25) is 0 Å². The van der Waals surface area contributed by atoms with Gasteiger partial charge in [0.25, 0.3) is 0 Å². The molecule has 0 radical (unpaired) electrons. The first-order valence-electron chi connectivity index (χ1n) is 34.6. The van der Waals surface area contributed by atoms with Crippen molar-refractivity contribution in [1.82, 2.24) is 0 Å². The van der Waals surface area contributed by atoms with E-state index >= 15 is 0 Å². The Labute approximate surface area is 535 Å². The standard InChI is InChI=1S/C20H30O4.C14H28O2.C12H22O3.C12H16O2.C9H16O2.C7H14O/c1-3-19(13-23-14-19)11-21-9-17-5-7-18(8-6-17)10-22-12-20(4-2)15-24-16-20;1-4-7-8-13(5-2)9-15-10-14(6-3)11-16-12-14;1-3-11(5-13-6-11)9-15-10-12(4-2)7-14-8-12;1-2-12(8-13-9-12)10-14-11-6-4-3-5-7-11;1-3-5-10-6-9(4-2)7-11-8-9;1-3-7(4-2)5-8-6-7/h5-8H,3-4,9-16H2,1-2H3;13H,4-12H2,1-3H3;3-10H2,1-2H3;3-7H,2,8-10H2,1H3;3H,1,4-8H2,2H3;3-6H2,1-2H3. The summed E-state index contributed by atoms with van der Waals surface area (Å²) in [7, 11) is 0. The lowest BCUT2D eigenvalue weighted by molar-refractivity contribution is -0.187. The van der Waals surface area contributed by atoms with Crippen LogP contribution in [0, 0.1) is 49.2 Å². The van der Waals surface area contributed by atoms with E-state index in [1.165, 1.54) is 56.1 Å². The quantitative estimate of drug-likeness (QED) is 0.0474. The third-order valence-electron chi connectivity index (χ3n) is 20.7. The zero-order valence-electron chi connectivity index (χ0n) is 57.6. The fraction of sp³-hybridized carbons (Fsp3) is 0.811. The molecule has 8 aliphatic rings. The Morgan fingerprint density at radius 3 is 0.955 bits per heavy atom. The molecule has 8 heterocycles. The van der Waals surface area contributed by atoms with Gasteiger partial charge in [-0.05, 0) is 93.4 Å². The zero-order chi connectivity index (χ0) is 63.6. The SMILES string of the molecule is C=CCOCC1(CC)COC1.CCC1(CC)COC1.CCC1(COCC2(CC)COC2)COC1.CCC1(COCc2ccc(COCC3(CC)COC3)cc2)COC1.CCC1(COc2ccccc2)COC1.CCCCC(CC)COCC1(CC)COC1. The van der Waals surface area contributed by atoms with E-state index in [1.54, 1.807) is 6.08 Å². The first kappa shape index (κ1) is 76.2. The summed E-state index contributed by atoms with van der Waals surface area (Å²) < 4.78 is 76.7. The van der Waals surface area contributed by atoms with Crippen molar-refractivity contribution in [3.8, 4) is 5.75 Å². The minimum atomic E-state index is 0.258. The van der Waals surface area contributed by atoms with E-state index in [1.807, 2.05) is 30.3 Å². The van der Waals surface area contributed by atoms with Crippen molar-refractivity contribution in [2.45, 2.75) is 173 Å². The van der Waals surface area contributed by atoms with E-state index in [0.29, 0.717) is 46.9 Å². The monoisotopic (exact) mass is 1240 g/mol. The van der Waals surface area contributed by atoms with Gasteiger partial charge in [0.15, 0.2) is 0 Å². The van der Waals surface area contributed by atoms with Gasteiger partial charge in [0, 0.05) is 44.5 Å². The molecule has 0 N–H and O–H groups in total. The molecule has 10 rings (SSSR count). The number of ether oxygens (including phenoxy) is 14. The Morgan fingerprint density at radius 1 is 0.375 bits per heavy atom. The van der Waals surface area contributed by atoms with E-state index in [0.717, 1.165) is 209 Å². The molecular weight excluding hydrogens is 1110 g/mol. The summed E-state index contributed by atoms with van der Waals surface area (Å²) in [6, 6.07) is 18.5. The van der Waals surface area contributed by atoms with Crippen LogP contribution in [0.25, 0.3) is 0 Å². The molecule has 14 heteroatoms. The van der Waals surface area contributed by atoms with E-state index in [9.17, 15) is 0 Å². The highest BCUT2D eigenvalue weighted by Crippen LogP contribution is 2.38. The number of rotatable bonds is 36. The Balaban J connectivity index is 0.000000198. The van der Waals surface area contributed by atoms with E-state index in [-0.39, 0.29) is 16.2 Å². The normalized spacial score (nSPS) is 21.9. The van der Waals surface area contributed by atoms with Crippen molar-refractivity contribution >= 4 is 0 Å². The third kappa shape index (κ3) is 24.1. The van der Waals surface area contributed by atoms with Gasteiger partial charge in [0.2, 0.25) is 0 Å². The smallest absolute Gasteiger partial charge is 0.119 e. The van der Waals surface area contributed by atoms with Crippen LogP contribution >= 0.6 is 0 Å². The maximum absolute atomic E-state index is 5.90. The molecule has 1 unspecified atom stereocenters. The third-order valence-corrected chi connectivity index (χ3v) is 20.7. The highest BCUT2D eigenvalue weighted by molar-refractivity contribution is 5.22. The summed E-state index contributed by atoms with van der Waals surface area (Å²) in [5.41, 5.74) is 5.11. The second-order valence-corrected chi connectivity index (χ2v) is 27.8. The van der Waals surface area contributed by atoms with Crippen LogP contribution < -0.4 is 4.74 Å². The summed E-state index contributed by atoms with van der Waals surface area (Å²) in [6.07, 6.45) is 17.5. The summed E-state index contributed by atoms with van der Waals surface area (Å²) in [5.74, 6) is 1.71. The van der Waals surface area contributed by atoms with Gasteiger partial charge in [-0.1, -0.05) is 144 Å². The molecule has 8 fully saturated rings. The molecular formula is C74H126O14. The highest BCUT2D eigenvalue weighted by atomic mass is 16.5. The van der Waals surface area contributed by atoms with Crippen molar-refractivity contribution in [3.63, 3.8) is 0 Å². The van der Waals surface area contributed by atoms with Crippen molar-refractivity contribution in [2.24, 2.45) is 49.2 Å². The van der Waals surface area contributed by atoms with Crippen molar-refractivity contribution in [2.75, 3.05) is 165 Å². The van der Waals surface area contributed by atoms with Crippen LogP contribution in [0.1, 0.15) is 171 Å². The maximum Gasteiger partial charge on any atom is 0.119 e. The fourth-order valence-corrected chi connectivity index (χ4v) is 10.9. The minimum absolute atomic E-state index is 0.258. The average molecular weight is 1240 g/mol. The van der Waals surface area contributed by atoms with Gasteiger partial charge in [0.05, 0.1) is 177 Å². The van der Waals surface area contributed by atoms with E-state index in [2.05, 4.69) is 107 Å². The highest BCUT2D eigenvalue weighted by Gasteiger charge is 2.43. The van der Waals surface area contributed by atoms with Gasteiger partial charge >= 0.3 is 0 Å². The van der Waals surface area contributed by atoms with Crippen molar-refractivity contribution < 1.29 is 66.3 Å². The molecule has 0 aromatic heterocycles. The fourth-order valence-electron chi connectivity index (χ4n) is 10.9. The second kappa shape index (κ2) is 39.9. The molecule has 8 aliphatic heterocycles. The zero-order valence-corrected chi connectivity index (χ0v) is 57.6. The minimum Gasteiger partial charge on any atom is -0.493 e. The van der Waals surface area contributed by atoms with Gasteiger partial charge in [-0.2, -0.15) is 0 Å². The molecule has 1 atom stereocenters. The number of hydrogen-bond acceptors (Lipinski definition) is 14. The molecule has 2 aromatic carbocycles. The first-order valence-corrected chi connectivity index (χ1v) is 34.6. The summed E-state index contributed by atoms with van der Waals surface area (Å²) in [4.78, 5) is 0. The molecule has 2 aromatic rings. The lowest BCUT2D eigenvalue weighted by Gasteiger charge is -2.44. The number of benzene rings is 2. The molecule has 14 nitrogen and oxygen atoms in total. The topological polar surface area (TPSA) is 129 Å². The van der Waals surface area contributed by atoms with E-state index < -0.39 is 0 Å². The summed E-state index contributed by atoms with van der Waals surface area (Å²) in [5, 5.41) is 0.